The number of hydrogen-bond acceptors (Lipinski definition) is 3. The molecular formula is C15H25N5. The van der Waals surface area contributed by atoms with Crippen LogP contribution in [0, 0.1) is 5.92 Å². The molecule has 0 saturated heterocycles. The molecule has 20 heavy (non-hydrogen) atoms. The summed E-state index contributed by atoms with van der Waals surface area (Å²) in [5.41, 5.74) is 7.34. The van der Waals surface area contributed by atoms with E-state index in [4.69, 9.17) is 5.73 Å². The summed E-state index contributed by atoms with van der Waals surface area (Å²) in [6.07, 6.45) is 7.95. The lowest BCUT2D eigenvalue weighted by atomic mass is 10.1. The Hall–Kier alpha value is -1.62. The standard InChI is InChI=1S/C15H25N5/c1-4-5-14(16)13-6-7-19(9-13)10-15-17-11-18-20(15)8-12(2)3/h6-7,9,11-12,14H,4-5,8,10,16H2,1-3H3. The molecule has 0 aliphatic carbocycles. The van der Waals surface area contributed by atoms with Crippen molar-refractivity contribution in [3.63, 3.8) is 0 Å². The molecular weight excluding hydrogens is 250 g/mol. The third kappa shape index (κ3) is 3.70. The molecule has 0 bridgehead atoms. The Labute approximate surface area is 120 Å². The lowest BCUT2D eigenvalue weighted by Gasteiger charge is -2.09. The van der Waals surface area contributed by atoms with Gasteiger partial charge in [0.1, 0.15) is 12.2 Å². The molecule has 0 fully saturated rings. The maximum atomic E-state index is 6.14. The smallest absolute Gasteiger partial charge is 0.146 e. The minimum atomic E-state index is 0.134. The molecule has 110 valence electrons. The predicted molar refractivity (Wildman–Crippen MR) is 80.2 cm³/mol. The Morgan fingerprint density at radius 2 is 2.15 bits per heavy atom. The van der Waals surface area contributed by atoms with E-state index in [0.29, 0.717) is 5.92 Å². The molecule has 2 aromatic rings. The highest BCUT2D eigenvalue weighted by molar-refractivity contribution is 5.15. The molecule has 0 aliphatic heterocycles. The van der Waals surface area contributed by atoms with Crippen LogP contribution in [0.5, 0.6) is 0 Å². The third-order valence-electron chi connectivity index (χ3n) is 3.36. The number of nitrogens with two attached hydrogens (primary N) is 1. The van der Waals surface area contributed by atoms with E-state index < -0.39 is 0 Å². The fourth-order valence-electron chi connectivity index (χ4n) is 2.33. The van der Waals surface area contributed by atoms with Crippen molar-refractivity contribution in [2.24, 2.45) is 11.7 Å². The Kier molecular flexibility index (Phi) is 4.95. The molecule has 2 aromatic heterocycles. The van der Waals surface area contributed by atoms with Crippen molar-refractivity contribution in [2.45, 2.75) is 52.7 Å². The first-order valence-corrected chi connectivity index (χ1v) is 7.38. The summed E-state index contributed by atoms with van der Waals surface area (Å²) in [7, 11) is 0. The average Bonchev–Trinajstić information content (AvgIpc) is 3.00. The first kappa shape index (κ1) is 14.8. The fourth-order valence-corrected chi connectivity index (χ4v) is 2.33. The maximum Gasteiger partial charge on any atom is 0.146 e. The van der Waals surface area contributed by atoms with E-state index in [9.17, 15) is 0 Å². The van der Waals surface area contributed by atoms with Gasteiger partial charge in [-0.15, -0.1) is 0 Å². The monoisotopic (exact) mass is 275 g/mol. The summed E-state index contributed by atoms with van der Waals surface area (Å²) in [4.78, 5) is 4.35. The van der Waals surface area contributed by atoms with Gasteiger partial charge in [-0.2, -0.15) is 5.10 Å². The molecule has 1 atom stereocenters. The molecule has 0 aromatic carbocycles. The maximum absolute atomic E-state index is 6.14. The van der Waals surface area contributed by atoms with Crippen molar-refractivity contribution in [1.82, 2.24) is 19.3 Å². The van der Waals surface area contributed by atoms with Gasteiger partial charge in [0.05, 0.1) is 6.54 Å². The quantitative estimate of drug-likeness (QED) is 0.844. The molecule has 0 amide bonds. The molecule has 5 nitrogen and oxygen atoms in total. The molecule has 2 heterocycles. The highest BCUT2D eigenvalue weighted by atomic mass is 15.3. The van der Waals surface area contributed by atoms with E-state index in [1.807, 2.05) is 4.68 Å². The second kappa shape index (κ2) is 6.70. The van der Waals surface area contributed by atoms with Crippen LogP contribution in [0.4, 0.5) is 0 Å². The lowest BCUT2D eigenvalue weighted by molar-refractivity contribution is 0.461. The van der Waals surface area contributed by atoms with E-state index in [0.717, 1.165) is 31.8 Å². The molecule has 2 N–H and O–H groups in total. The number of rotatable bonds is 7. The minimum absolute atomic E-state index is 0.134. The lowest BCUT2D eigenvalue weighted by Crippen LogP contribution is -2.13. The van der Waals surface area contributed by atoms with Crippen molar-refractivity contribution in [3.8, 4) is 0 Å². The summed E-state index contributed by atoms with van der Waals surface area (Å²) in [5, 5.41) is 4.29. The predicted octanol–water partition coefficient (Wildman–Crippen LogP) is 2.58. The van der Waals surface area contributed by atoms with Gasteiger partial charge in [0, 0.05) is 25.0 Å². The SMILES string of the molecule is CCCC(N)c1ccn(Cc2ncnn2CC(C)C)c1. The summed E-state index contributed by atoms with van der Waals surface area (Å²) >= 11 is 0. The molecule has 2 rings (SSSR count). The summed E-state index contributed by atoms with van der Waals surface area (Å²) in [6, 6.07) is 2.23. The van der Waals surface area contributed by atoms with E-state index in [2.05, 4.69) is 53.9 Å². The zero-order valence-electron chi connectivity index (χ0n) is 12.7. The average molecular weight is 275 g/mol. The summed E-state index contributed by atoms with van der Waals surface area (Å²) in [6.45, 7) is 8.17. The Morgan fingerprint density at radius 1 is 1.35 bits per heavy atom. The second-order valence-electron chi connectivity index (χ2n) is 5.76. The van der Waals surface area contributed by atoms with Crippen LogP contribution >= 0.6 is 0 Å². The largest absolute Gasteiger partial charge is 0.346 e. The van der Waals surface area contributed by atoms with Crippen molar-refractivity contribution in [1.29, 1.82) is 0 Å². The normalized spacial score (nSPS) is 13.1. The number of hydrogen-bond donors (Lipinski definition) is 1. The van der Waals surface area contributed by atoms with Gasteiger partial charge in [0.25, 0.3) is 0 Å². The second-order valence-corrected chi connectivity index (χ2v) is 5.76. The molecule has 0 aliphatic rings. The van der Waals surface area contributed by atoms with Crippen LogP contribution in [0.15, 0.2) is 24.8 Å². The fraction of sp³-hybridized carbons (Fsp3) is 0.600. The Balaban J connectivity index is 2.05. The molecule has 0 radical (unpaired) electrons. The molecule has 5 heteroatoms. The third-order valence-corrected chi connectivity index (χ3v) is 3.36. The van der Waals surface area contributed by atoms with Gasteiger partial charge in [0.2, 0.25) is 0 Å². The Morgan fingerprint density at radius 3 is 2.85 bits per heavy atom. The molecule has 0 saturated carbocycles. The zero-order valence-corrected chi connectivity index (χ0v) is 12.7. The van der Waals surface area contributed by atoms with E-state index in [1.165, 1.54) is 5.56 Å². The van der Waals surface area contributed by atoms with Crippen LogP contribution in [0.1, 0.15) is 51.0 Å². The van der Waals surface area contributed by atoms with Crippen LogP contribution in [-0.2, 0) is 13.1 Å². The van der Waals surface area contributed by atoms with Crippen molar-refractivity contribution < 1.29 is 0 Å². The van der Waals surface area contributed by atoms with Crippen LogP contribution in [0.3, 0.4) is 0 Å². The van der Waals surface area contributed by atoms with Gasteiger partial charge >= 0.3 is 0 Å². The van der Waals surface area contributed by atoms with Gasteiger partial charge < -0.3 is 10.3 Å². The van der Waals surface area contributed by atoms with Crippen LogP contribution in [0.2, 0.25) is 0 Å². The van der Waals surface area contributed by atoms with Crippen LogP contribution < -0.4 is 5.73 Å². The van der Waals surface area contributed by atoms with E-state index >= 15 is 0 Å². The van der Waals surface area contributed by atoms with Gasteiger partial charge in [-0.05, 0) is 24.0 Å². The topological polar surface area (TPSA) is 61.7 Å². The van der Waals surface area contributed by atoms with Crippen LogP contribution in [-0.4, -0.2) is 19.3 Å². The first-order valence-electron chi connectivity index (χ1n) is 7.38. The van der Waals surface area contributed by atoms with Gasteiger partial charge in [-0.25, -0.2) is 9.67 Å². The number of nitrogens with zero attached hydrogens (tertiary/aromatic N) is 4. The van der Waals surface area contributed by atoms with Gasteiger partial charge in [-0.1, -0.05) is 27.2 Å². The highest BCUT2D eigenvalue weighted by Crippen LogP contribution is 2.16. The highest BCUT2D eigenvalue weighted by Gasteiger charge is 2.09. The molecule has 0 spiro atoms. The number of aromatic nitrogens is 4. The first-order chi connectivity index (χ1) is 9.60. The Bertz CT molecular complexity index is 526. The van der Waals surface area contributed by atoms with Crippen LogP contribution in [0.25, 0.3) is 0 Å². The minimum Gasteiger partial charge on any atom is -0.346 e. The van der Waals surface area contributed by atoms with E-state index in [1.54, 1.807) is 6.33 Å². The van der Waals surface area contributed by atoms with Crippen molar-refractivity contribution in [3.05, 3.63) is 36.2 Å². The molecule has 1 unspecified atom stereocenters. The summed E-state index contributed by atoms with van der Waals surface area (Å²) in [5.74, 6) is 1.55. The van der Waals surface area contributed by atoms with E-state index in [-0.39, 0.29) is 6.04 Å². The summed E-state index contributed by atoms with van der Waals surface area (Å²) < 4.78 is 4.11. The van der Waals surface area contributed by atoms with Gasteiger partial charge in [-0.3, -0.25) is 0 Å². The zero-order chi connectivity index (χ0) is 14.5. The van der Waals surface area contributed by atoms with Crippen molar-refractivity contribution >= 4 is 0 Å². The van der Waals surface area contributed by atoms with Crippen molar-refractivity contribution in [2.75, 3.05) is 0 Å². The van der Waals surface area contributed by atoms with Gasteiger partial charge in [0.15, 0.2) is 0 Å².